The van der Waals surface area contributed by atoms with E-state index in [0.29, 0.717) is 28.1 Å². The maximum absolute atomic E-state index is 8.77. The highest BCUT2D eigenvalue weighted by Gasteiger charge is 2.22. The van der Waals surface area contributed by atoms with E-state index in [1.807, 2.05) is 78.9 Å². The first-order valence-corrected chi connectivity index (χ1v) is 14.2. The van der Waals surface area contributed by atoms with Crippen LogP contribution in [0.25, 0.3) is 71.8 Å². The lowest BCUT2D eigenvalue weighted by atomic mass is 9.98. The van der Waals surface area contributed by atoms with Crippen LogP contribution in [-0.4, -0.2) is 5.71 Å². The van der Waals surface area contributed by atoms with Gasteiger partial charge in [-0.05, 0) is 64.2 Å². The van der Waals surface area contributed by atoms with E-state index in [9.17, 15) is 0 Å². The summed E-state index contributed by atoms with van der Waals surface area (Å²) in [6, 6.07) is 44.9. The molecule has 0 aliphatic carbocycles. The van der Waals surface area contributed by atoms with Gasteiger partial charge in [0.1, 0.15) is 22.3 Å². The molecule has 0 spiro atoms. The summed E-state index contributed by atoms with van der Waals surface area (Å²) in [5, 5.41) is 12.7. The second kappa shape index (κ2) is 9.89. The molecule has 2 heterocycles. The predicted octanol–water partition coefficient (Wildman–Crippen LogP) is 10.2. The fourth-order valence-electron chi connectivity index (χ4n) is 5.95. The summed E-state index contributed by atoms with van der Waals surface area (Å²) in [5.41, 5.74) is 16.3. The van der Waals surface area contributed by atoms with E-state index < -0.39 is 0 Å². The minimum Gasteiger partial charge on any atom is -0.455 e. The molecule has 0 atom stereocenters. The third-order valence-electron chi connectivity index (χ3n) is 8.08. The summed E-state index contributed by atoms with van der Waals surface area (Å²) in [7, 11) is 0. The Kier molecular flexibility index (Phi) is 5.73. The average Bonchev–Trinajstić information content (AvgIpc) is 3.61. The Labute approximate surface area is 247 Å². The van der Waals surface area contributed by atoms with Crippen LogP contribution in [0.3, 0.4) is 0 Å². The lowest BCUT2D eigenvalue weighted by Crippen LogP contribution is -2.03. The number of hydrogen-bond acceptors (Lipinski definition) is 4. The fourth-order valence-corrected chi connectivity index (χ4v) is 5.95. The Balaban J connectivity index is 1.43. The highest BCUT2D eigenvalue weighted by Crippen LogP contribution is 2.43. The van der Waals surface area contributed by atoms with Crippen molar-refractivity contribution < 1.29 is 8.83 Å². The summed E-state index contributed by atoms with van der Waals surface area (Å²) in [6.45, 7) is 0. The molecule has 43 heavy (non-hydrogen) atoms. The summed E-state index contributed by atoms with van der Waals surface area (Å²) >= 11 is 0. The zero-order valence-electron chi connectivity index (χ0n) is 23.2. The van der Waals surface area contributed by atoms with Crippen molar-refractivity contribution >= 4 is 55.3 Å². The second-order valence-electron chi connectivity index (χ2n) is 10.7. The van der Waals surface area contributed by atoms with E-state index in [-0.39, 0.29) is 0 Å². The standard InChI is InChI=1S/C39H26N2O2/c40-33(26-14-8-3-9-15-26)23-34(41)37-38-31(29-20-27(16-18-35(29)42-38)24-10-4-1-5-11-24)22-32-30-21-28(25-12-6-2-7-13-25)17-19-36(30)43-39(32)37/h1-23,40H,41H2/b34-23-,40-33?. The van der Waals surface area contributed by atoms with Crippen LogP contribution < -0.4 is 5.73 Å². The van der Waals surface area contributed by atoms with Crippen molar-refractivity contribution in [1.29, 1.82) is 5.41 Å². The molecule has 0 bridgehead atoms. The Hall–Kier alpha value is -5.87. The molecule has 0 radical (unpaired) electrons. The molecule has 0 saturated heterocycles. The Morgan fingerprint density at radius 2 is 0.977 bits per heavy atom. The highest BCUT2D eigenvalue weighted by molar-refractivity contribution is 6.21. The van der Waals surface area contributed by atoms with Crippen LogP contribution in [0.2, 0.25) is 0 Å². The van der Waals surface area contributed by atoms with Gasteiger partial charge in [0.05, 0.1) is 11.3 Å². The number of nitrogens with one attached hydrogen (secondary N) is 1. The van der Waals surface area contributed by atoms with Crippen molar-refractivity contribution in [2.75, 3.05) is 0 Å². The van der Waals surface area contributed by atoms with Gasteiger partial charge < -0.3 is 20.0 Å². The van der Waals surface area contributed by atoms with Gasteiger partial charge in [-0.2, -0.15) is 0 Å². The van der Waals surface area contributed by atoms with Gasteiger partial charge in [0.25, 0.3) is 0 Å². The lowest BCUT2D eigenvalue weighted by Gasteiger charge is -2.06. The monoisotopic (exact) mass is 554 g/mol. The molecule has 8 rings (SSSR count). The minimum atomic E-state index is 0.313. The summed E-state index contributed by atoms with van der Waals surface area (Å²) in [4.78, 5) is 0. The molecule has 0 saturated carbocycles. The number of furan rings is 2. The zero-order valence-corrected chi connectivity index (χ0v) is 23.2. The number of allylic oxidation sites excluding steroid dienone is 1. The molecule has 4 heteroatoms. The topological polar surface area (TPSA) is 76.2 Å². The molecule has 0 unspecified atom stereocenters. The van der Waals surface area contributed by atoms with E-state index in [0.717, 1.165) is 60.5 Å². The number of fused-ring (bicyclic) bond motifs is 6. The zero-order chi connectivity index (χ0) is 28.9. The van der Waals surface area contributed by atoms with Crippen LogP contribution in [-0.2, 0) is 0 Å². The van der Waals surface area contributed by atoms with Crippen molar-refractivity contribution in [2.24, 2.45) is 5.73 Å². The molecule has 4 nitrogen and oxygen atoms in total. The van der Waals surface area contributed by atoms with Crippen LogP contribution in [0.15, 0.2) is 148 Å². The van der Waals surface area contributed by atoms with Gasteiger partial charge in [-0.3, -0.25) is 0 Å². The largest absolute Gasteiger partial charge is 0.455 e. The third kappa shape index (κ3) is 4.20. The number of benzene rings is 6. The van der Waals surface area contributed by atoms with Crippen LogP contribution in [0.4, 0.5) is 0 Å². The first-order valence-electron chi connectivity index (χ1n) is 14.2. The summed E-state index contributed by atoms with van der Waals surface area (Å²) in [5.74, 6) is 0. The molecule has 6 aromatic carbocycles. The van der Waals surface area contributed by atoms with Gasteiger partial charge >= 0.3 is 0 Å². The Morgan fingerprint density at radius 3 is 1.47 bits per heavy atom. The first kappa shape index (κ1) is 24.9. The minimum absolute atomic E-state index is 0.313. The highest BCUT2D eigenvalue weighted by atomic mass is 16.3. The third-order valence-corrected chi connectivity index (χ3v) is 8.08. The molecular weight excluding hydrogens is 528 g/mol. The van der Waals surface area contributed by atoms with E-state index >= 15 is 0 Å². The molecule has 204 valence electrons. The second-order valence-corrected chi connectivity index (χ2v) is 10.7. The predicted molar refractivity (Wildman–Crippen MR) is 177 cm³/mol. The molecule has 8 aromatic rings. The molecule has 0 fully saturated rings. The van der Waals surface area contributed by atoms with Crippen LogP contribution >= 0.6 is 0 Å². The van der Waals surface area contributed by atoms with Crippen molar-refractivity contribution in [1.82, 2.24) is 0 Å². The van der Waals surface area contributed by atoms with Crippen molar-refractivity contribution in [3.8, 4) is 22.3 Å². The van der Waals surface area contributed by atoms with Gasteiger partial charge in [-0.1, -0.05) is 103 Å². The SMILES string of the molecule is N=C(/C=C(\N)c1c2oc3ccc(-c4ccccc4)cc3c2cc2c1oc1ccc(-c3ccccc3)cc12)c1ccccc1. The molecule has 0 aliphatic rings. The Morgan fingerprint density at radius 1 is 0.512 bits per heavy atom. The van der Waals surface area contributed by atoms with Crippen molar-refractivity contribution in [3.05, 3.63) is 151 Å². The molecule has 2 aromatic heterocycles. The molecule has 0 aliphatic heterocycles. The van der Waals surface area contributed by atoms with Gasteiger partial charge in [-0.25, -0.2) is 0 Å². The normalized spacial score (nSPS) is 12.0. The van der Waals surface area contributed by atoms with Crippen LogP contribution in [0, 0.1) is 5.41 Å². The van der Waals surface area contributed by atoms with Crippen molar-refractivity contribution in [2.45, 2.75) is 0 Å². The van der Waals surface area contributed by atoms with E-state index in [1.165, 1.54) is 0 Å². The number of nitrogens with two attached hydrogens (primary N) is 1. The smallest absolute Gasteiger partial charge is 0.148 e. The maximum Gasteiger partial charge on any atom is 0.148 e. The van der Waals surface area contributed by atoms with E-state index in [2.05, 4.69) is 54.6 Å². The molecular formula is C39H26N2O2. The summed E-state index contributed by atoms with van der Waals surface area (Å²) in [6.07, 6.45) is 1.69. The Bertz CT molecular complexity index is 2210. The van der Waals surface area contributed by atoms with Gasteiger partial charge in [-0.15, -0.1) is 0 Å². The van der Waals surface area contributed by atoms with E-state index in [1.54, 1.807) is 6.08 Å². The lowest BCUT2D eigenvalue weighted by molar-refractivity contribution is 0.654. The maximum atomic E-state index is 8.77. The van der Waals surface area contributed by atoms with Crippen LogP contribution in [0.5, 0.6) is 0 Å². The van der Waals surface area contributed by atoms with E-state index in [4.69, 9.17) is 20.0 Å². The van der Waals surface area contributed by atoms with Gasteiger partial charge in [0.2, 0.25) is 0 Å². The first-order chi connectivity index (χ1) is 21.1. The van der Waals surface area contributed by atoms with Crippen LogP contribution in [0.1, 0.15) is 11.1 Å². The number of rotatable bonds is 5. The average molecular weight is 555 g/mol. The summed E-state index contributed by atoms with van der Waals surface area (Å²) < 4.78 is 13.1. The van der Waals surface area contributed by atoms with Gasteiger partial charge in [0, 0.05) is 27.2 Å². The fraction of sp³-hybridized carbons (Fsp3) is 0. The van der Waals surface area contributed by atoms with Crippen molar-refractivity contribution in [3.63, 3.8) is 0 Å². The van der Waals surface area contributed by atoms with Gasteiger partial charge in [0.15, 0.2) is 0 Å². The molecule has 3 N–H and O–H groups in total. The quantitative estimate of drug-likeness (QED) is 0.208. The number of hydrogen-bond donors (Lipinski definition) is 2. The molecule has 0 amide bonds.